The molecule has 0 saturated carbocycles. The summed E-state index contributed by atoms with van der Waals surface area (Å²) in [7, 11) is 1.51. The number of imidazole rings is 1. The Morgan fingerprint density at radius 2 is 2.00 bits per heavy atom. The maximum absolute atomic E-state index is 12.1. The number of ether oxygens (including phenoxy) is 1. The minimum Gasteiger partial charge on any atom is -0.465 e. The third-order valence-electron chi connectivity index (χ3n) is 4.74. The highest BCUT2D eigenvalue weighted by Gasteiger charge is 2.19. The van der Waals surface area contributed by atoms with Crippen molar-refractivity contribution >= 4 is 33.8 Å². The van der Waals surface area contributed by atoms with Crippen molar-refractivity contribution in [2.45, 2.75) is 6.92 Å². The fourth-order valence-corrected chi connectivity index (χ4v) is 3.35. The number of fused-ring (bicyclic) bond motifs is 2. The lowest BCUT2D eigenvalue weighted by Crippen LogP contribution is -2.33. The molecule has 0 radical (unpaired) electrons. The third kappa shape index (κ3) is 3.32. The molecule has 3 N–H and O–H groups in total. The molecule has 0 fully saturated rings. The van der Waals surface area contributed by atoms with E-state index in [2.05, 4.69) is 20.2 Å². The molecule has 2 heterocycles. The second kappa shape index (κ2) is 7.36. The monoisotopic (exact) mass is 393 g/mol. The van der Waals surface area contributed by atoms with Crippen LogP contribution >= 0.6 is 0 Å². The summed E-state index contributed by atoms with van der Waals surface area (Å²) in [6.45, 7) is 2.30. The number of rotatable bonds is 5. The van der Waals surface area contributed by atoms with E-state index in [4.69, 9.17) is 4.74 Å². The Morgan fingerprint density at radius 1 is 1.24 bits per heavy atom. The average Bonchev–Trinajstić information content (AvgIpc) is 3.13. The largest absolute Gasteiger partial charge is 0.465 e. The molecular weight excluding hydrogens is 374 g/mol. The van der Waals surface area contributed by atoms with Crippen LogP contribution < -0.4 is 10.5 Å². The predicted molar refractivity (Wildman–Crippen MR) is 109 cm³/mol. The van der Waals surface area contributed by atoms with Crippen LogP contribution in [0.25, 0.3) is 33.1 Å². The molecule has 4 aromatic rings. The highest BCUT2D eigenvalue weighted by atomic mass is 16.5. The second-order valence-corrected chi connectivity index (χ2v) is 6.62. The number of nitrogens with one attached hydrogen (secondary N) is 2. The fourth-order valence-electron chi connectivity index (χ4n) is 3.35. The van der Waals surface area contributed by atoms with Crippen LogP contribution in [0.5, 0.6) is 0 Å². The normalized spacial score (nSPS) is 11.2. The Morgan fingerprint density at radius 3 is 2.72 bits per heavy atom. The van der Waals surface area contributed by atoms with Gasteiger partial charge in [-0.2, -0.15) is 5.10 Å². The zero-order valence-corrected chi connectivity index (χ0v) is 15.9. The molecule has 0 unspecified atom stereocenters. The minimum atomic E-state index is -1.12. The number of aryl methyl sites for hydroxylation is 1. The Hall–Kier alpha value is -3.72. The molecule has 0 saturated heterocycles. The fraction of sp³-hybridized carbons (Fsp3) is 0.200. The van der Waals surface area contributed by atoms with Crippen molar-refractivity contribution in [2.75, 3.05) is 25.2 Å². The van der Waals surface area contributed by atoms with E-state index in [1.807, 2.05) is 31.2 Å². The first-order chi connectivity index (χ1) is 14.0. The molecule has 0 aliphatic rings. The van der Waals surface area contributed by atoms with Gasteiger partial charge in [0, 0.05) is 18.1 Å². The van der Waals surface area contributed by atoms with E-state index in [1.165, 1.54) is 7.11 Å². The smallest absolute Gasteiger partial charge is 0.414 e. The number of aromatic nitrogens is 4. The lowest BCUT2D eigenvalue weighted by atomic mass is 10.0. The van der Waals surface area contributed by atoms with E-state index in [1.54, 1.807) is 12.1 Å². The zero-order valence-electron chi connectivity index (χ0n) is 15.9. The van der Waals surface area contributed by atoms with E-state index in [0.717, 1.165) is 21.4 Å². The van der Waals surface area contributed by atoms with Crippen LogP contribution in [-0.4, -0.2) is 51.6 Å². The van der Waals surface area contributed by atoms with Gasteiger partial charge in [0.25, 0.3) is 5.56 Å². The summed E-state index contributed by atoms with van der Waals surface area (Å²) in [6, 6.07) is 11.0. The van der Waals surface area contributed by atoms with Crippen LogP contribution in [-0.2, 0) is 4.74 Å². The van der Waals surface area contributed by atoms with Crippen molar-refractivity contribution in [2.24, 2.45) is 0 Å². The molecule has 9 heteroatoms. The molecule has 4 rings (SSSR count). The predicted octanol–water partition coefficient (Wildman–Crippen LogP) is 2.91. The van der Waals surface area contributed by atoms with Gasteiger partial charge in [0.1, 0.15) is 0 Å². The van der Waals surface area contributed by atoms with Crippen molar-refractivity contribution in [3.05, 3.63) is 52.3 Å². The summed E-state index contributed by atoms with van der Waals surface area (Å²) in [5.41, 5.74) is 3.37. The number of benzene rings is 2. The summed E-state index contributed by atoms with van der Waals surface area (Å²) in [6.07, 6.45) is -1.12. The van der Waals surface area contributed by atoms with E-state index in [0.29, 0.717) is 22.1 Å². The van der Waals surface area contributed by atoms with Crippen LogP contribution in [0.4, 0.5) is 10.7 Å². The summed E-state index contributed by atoms with van der Waals surface area (Å²) in [5, 5.41) is 17.6. The Balaban J connectivity index is 1.86. The Kier molecular flexibility index (Phi) is 4.73. The van der Waals surface area contributed by atoms with Crippen molar-refractivity contribution in [3.8, 4) is 11.3 Å². The van der Waals surface area contributed by atoms with Crippen molar-refractivity contribution in [1.29, 1.82) is 0 Å². The summed E-state index contributed by atoms with van der Waals surface area (Å²) >= 11 is 0. The average molecular weight is 393 g/mol. The SMILES string of the molecule is COCCN(C(=O)O)c1nc2c(C)cc(-c3n[nH]c(=O)c4ccccc34)cc2[nH]1. The zero-order chi connectivity index (χ0) is 20.5. The highest BCUT2D eigenvalue weighted by molar-refractivity contribution is 5.97. The van der Waals surface area contributed by atoms with Gasteiger partial charge in [-0.25, -0.2) is 19.8 Å². The Bertz CT molecular complexity index is 1280. The summed E-state index contributed by atoms with van der Waals surface area (Å²) < 4.78 is 4.99. The number of amides is 1. The topological polar surface area (TPSA) is 124 Å². The van der Waals surface area contributed by atoms with Gasteiger partial charge < -0.3 is 14.8 Å². The molecule has 0 aliphatic carbocycles. The van der Waals surface area contributed by atoms with Gasteiger partial charge in [0.05, 0.1) is 35.3 Å². The van der Waals surface area contributed by atoms with Crippen LogP contribution in [0.3, 0.4) is 0 Å². The minimum absolute atomic E-state index is 0.156. The Labute approximate surface area is 165 Å². The first kappa shape index (κ1) is 18.6. The van der Waals surface area contributed by atoms with Gasteiger partial charge >= 0.3 is 6.09 Å². The van der Waals surface area contributed by atoms with Gasteiger partial charge in [0.2, 0.25) is 5.95 Å². The second-order valence-electron chi connectivity index (χ2n) is 6.62. The summed E-state index contributed by atoms with van der Waals surface area (Å²) in [5.74, 6) is 0.226. The number of H-pyrrole nitrogens is 2. The highest BCUT2D eigenvalue weighted by Crippen LogP contribution is 2.30. The lowest BCUT2D eigenvalue weighted by Gasteiger charge is -2.14. The molecule has 0 bridgehead atoms. The number of carbonyl (C=O) groups is 1. The quantitative estimate of drug-likeness (QED) is 0.479. The van der Waals surface area contributed by atoms with Crippen LogP contribution in [0.1, 0.15) is 5.56 Å². The number of aromatic amines is 2. The molecule has 1 amide bonds. The van der Waals surface area contributed by atoms with Crippen LogP contribution in [0, 0.1) is 6.92 Å². The molecule has 0 aliphatic heterocycles. The van der Waals surface area contributed by atoms with Gasteiger partial charge in [-0.1, -0.05) is 18.2 Å². The van der Waals surface area contributed by atoms with E-state index in [-0.39, 0.29) is 24.7 Å². The lowest BCUT2D eigenvalue weighted by molar-refractivity contribution is 0.186. The van der Waals surface area contributed by atoms with Crippen molar-refractivity contribution < 1.29 is 14.6 Å². The number of nitrogens with zero attached hydrogens (tertiary/aromatic N) is 3. The van der Waals surface area contributed by atoms with Crippen LogP contribution in [0.15, 0.2) is 41.2 Å². The van der Waals surface area contributed by atoms with E-state index < -0.39 is 6.09 Å². The summed E-state index contributed by atoms with van der Waals surface area (Å²) in [4.78, 5) is 32.3. The van der Waals surface area contributed by atoms with Gasteiger partial charge in [0.15, 0.2) is 0 Å². The molecule has 0 spiro atoms. The molecule has 2 aromatic heterocycles. The first-order valence-corrected chi connectivity index (χ1v) is 8.97. The van der Waals surface area contributed by atoms with Crippen molar-refractivity contribution in [1.82, 2.24) is 20.2 Å². The molecule has 2 aromatic carbocycles. The number of hydrogen-bond acceptors (Lipinski definition) is 5. The van der Waals surface area contributed by atoms with Crippen LogP contribution in [0.2, 0.25) is 0 Å². The maximum Gasteiger partial charge on any atom is 0.414 e. The number of anilines is 1. The van der Waals surface area contributed by atoms with Gasteiger partial charge in [-0.3, -0.25) is 4.79 Å². The maximum atomic E-state index is 12.1. The number of methoxy groups -OCH3 is 1. The van der Waals surface area contributed by atoms with Crippen molar-refractivity contribution in [3.63, 3.8) is 0 Å². The molecule has 148 valence electrons. The molecule has 0 atom stereocenters. The molecular formula is C20H19N5O4. The molecule has 9 nitrogen and oxygen atoms in total. The molecule has 29 heavy (non-hydrogen) atoms. The van der Waals surface area contributed by atoms with E-state index in [9.17, 15) is 14.7 Å². The standard InChI is InChI=1S/C20H19N5O4/c1-11-9-12(17-13-5-3-4-6-14(13)18(26)24-23-17)10-15-16(11)22-19(21-15)25(20(27)28)7-8-29-2/h3-6,9-10H,7-8H2,1-2H3,(H,21,22)(H,24,26)(H,27,28). The first-order valence-electron chi connectivity index (χ1n) is 8.97. The number of hydrogen-bond donors (Lipinski definition) is 3. The van der Waals surface area contributed by atoms with E-state index >= 15 is 0 Å². The third-order valence-corrected chi connectivity index (χ3v) is 4.74. The van der Waals surface area contributed by atoms with Gasteiger partial charge in [-0.05, 0) is 30.7 Å². The van der Waals surface area contributed by atoms with Gasteiger partial charge in [-0.15, -0.1) is 0 Å². The number of carboxylic acid groups (broad SMARTS) is 1.